The molecule has 0 unspecified atom stereocenters. The Morgan fingerprint density at radius 2 is 1.91 bits per heavy atom. The molecule has 0 aromatic heterocycles. The number of amides is 2. The van der Waals surface area contributed by atoms with Crippen molar-refractivity contribution < 1.29 is 13.9 Å². The Hall–Kier alpha value is -1.98. The molecular weight excluding hydrogens is 330 g/mol. The quantitative estimate of drug-likeness (QED) is 0.815. The van der Waals surface area contributed by atoms with Gasteiger partial charge in [0.05, 0.1) is 23.5 Å². The number of hydrogen-bond donors (Lipinski definition) is 2. The molecule has 0 fully saturated rings. The van der Waals surface area contributed by atoms with E-state index in [4.69, 9.17) is 27.9 Å². The number of carbonyl (C=O) groups excluding carboxylic acids is 1. The van der Waals surface area contributed by atoms with Crippen molar-refractivity contribution in [3.05, 3.63) is 51.8 Å². The average Bonchev–Trinajstić information content (AvgIpc) is 2.46. The third-order valence-electron chi connectivity index (χ3n) is 2.93. The van der Waals surface area contributed by atoms with Crippen molar-refractivity contribution in [3.8, 4) is 5.75 Å². The van der Waals surface area contributed by atoms with Gasteiger partial charge in [-0.1, -0.05) is 29.3 Å². The van der Waals surface area contributed by atoms with Crippen molar-refractivity contribution >= 4 is 40.6 Å². The summed E-state index contributed by atoms with van der Waals surface area (Å²) in [6.07, 6.45) is 0. The third kappa shape index (κ3) is 3.61. The van der Waals surface area contributed by atoms with Gasteiger partial charge in [0.15, 0.2) is 0 Å². The van der Waals surface area contributed by atoms with Gasteiger partial charge >= 0.3 is 6.03 Å². The smallest absolute Gasteiger partial charge is 0.323 e. The predicted molar refractivity (Wildman–Crippen MR) is 86.8 cm³/mol. The molecule has 0 saturated heterocycles. The summed E-state index contributed by atoms with van der Waals surface area (Å²) in [5.41, 5.74) is 1.09. The van der Waals surface area contributed by atoms with Crippen molar-refractivity contribution in [2.24, 2.45) is 0 Å². The number of carbonyl (C=O) groups is 1. The summed E-state index contributed by atoms with van der Waals surface area (Å²) < 4.78 is 18.8. The lowest BCUT2D eigenvalue weighted by Gasteiger charge is -2.13. The topological polar surface area (TPSA) is 50.4 Å². The molecule has 0 heterocycles. The molecule has 116 valence electrons. The van der Waals surface area contributed by atoms with Crippen LogP contribution in [-0.4, -0.2) is 13.1 Å². The summed E-state index contributed by atoms with van der Waals surface area (Å²) in [5.74, 6) is -0.229. The Morgan fingerprint density at radius 1 is 1.18 bits per heavy atom. The van der Waals surface area contributed by atoms with Gasteiger partial charge < -0.3 is 15.4 Å². The lowest BCUT2D eigenvalue weighted by molar-refractivity contribution is 0.262. The Bertz CT molecular complexity index is 703. The van der Waals surface area contributed by atoms with Crippen molar-refractivity contribution in [2.45, 2.75) is 6.92 Å². The summed E-state index contributed by atoms with van der Waals surface area (Å²) >= 11 is 11.9. The predicted octanol–water partition coefficient (Wildman–Crippen LogP) is 5.09. The van der Waals surface area contributed by atoms with Crippen molar-refractivity contribution in [3.63, 3.8) is 0 Å². The normalized spacial score (nSPS) is 10.2. The van der Waals surface area contributed by atoms with E-state index < -0.39 is 11.8 Å². The van der Waals surface area contributed by atoms with Gasteiger partial charge in [0.2, 0.25) is 0 Å². The molecule has 0 spiro atoms. The highest BCUT2D eigenvalue weighted by molar-refractivity contribution is 6.34. The van der Waals surface area contributed by atoms with Gasteiger partial charge in [0.1, 0.15) is 11.6 Å². The van der Waals surface area contributed by atoms with E-state index in [0.717, 1.165) is 5.56 Å². The summed E-state index contributed by atoms with van der Waals surface area (Å²) in [7, 11) is 1.46. The number of urea groups is 1. The van der Waals surface area contributed by atoms with E-state index in [9.17, 15) is 9.18 Å². The molecule has 0 aliphatic heterocycles. The number of methoxy groups -OCH3 is 1. The molecule has 2 rings (SSSR count). The number of ether oxygens (including phenoxy) is 1. The fourth-order valence-corrected chi connectivity index (χ4v) is 2.18. The zero-order valence-corrected chi connectivity index (χ0v) is 13.3. The van der Waals surface area contributed by atoms with Crippen molar-refractivity contribution in [1.29, 1.82) is 0 Å². The Morgan fingerprint density at radius 3 is 2.55 bits per heavy atom. The van der Waals surface area contributed by atoms with Crippen molar-refractivity contribution in [1.82, 2.24) is 0 Å². The average molecular weight is 343 g/mol. The van der Waals surface area contributed by atoms with E-state index >= 15 is 0 Å². The van der Waals surface area contributed by atoms with E-state index in [0.29, 0.717) is 16.5 Å². The second-order valence-electron chi connectivity index (χ2n) is 4.48. The molecule has 0 atom stereocenters. The summed E-state index contributed by atoms with van der Waals surface area (Å²) in [5, 5.41) is 5.56. The first-order valence-electron chi connectivity index (χ1n) is 6.28. The van der Waals surface area contributed by atoms with E-state index in [1.807, 2.05) is 0 Å². The zero-order chi connectivity index (χ0) is 16.3. The molecule has 2 aromatic rings. The van der Waals surface area contributed by atoms with Crippen molar-refractivity contribution in [2.75, 3.05) is 17.7 Å². The summed E-state index contributed by atoms with van der Waals surface area (Å²) in [4.78, 5) is 12.0. The first-order chi connectivity index (χ1) is 10.4. The largest absolute Gasteiger partial charge is 0.495 e. The Kier molecular flexibility index (Phi) is 5.11. The van der Waals surface area contributed by atoms with E-state index in [1.165, 1.54) is 25.3 Å². The fraction of sp³-hybridized carbons (Fsp3) is 0.133. The van der Waals surface area contributed by atoms with Crippen LogP contribution in [0.4, 0.5) is 20.6 Å². The lowest BCUT2D eigenvalue weighted by Crippen LogP contribution is -2.20. The molecule has 0 saturated carbocycles. The van der Waals surface area contributed by atoms with Gasteiger partial charge in [-0.05, 0) is 30.7 Å². The minimum Gasteiger partial charge on any atom is -0.495 e. The molecule has 0 radical (unpaired) electrons. The van der Waals surface area contributed by atoms with Gasteiger partial charge in [-0.15, -0.1) is 0 Å². The minimum absolute atomic E-state index is 0.0914. The lowest BCUT2D eigenvalue weighted by atomic mass is 10.2. The van der Waals surface area contributed by atoms with Gasteiger partial charge in [-0.2, -0.15) is 0 Å². The van der Waals surface area contributed by atoms with Crippen LogP contribution in [0.15, 0.2) is 30.3 Å². The van der Waals surface area contributed by atoms with Crippen LogP contribution in [0.25, 0.3) is 0 Å². The molecule has 0 aliphatic carbocycles. The molecule has 4 nitrogen and oxygen atoms in total. The van der Waals surface area contributed by atoms with Crippen LogP contribution in [-0.2, 0) is 0 Å². The standard InChI is InChI=1S/C15H13Cl2FN2O2/c1-8-6-12(13(22-2)7-10(8)17)19-15(21)20-14-9(16)4-3-5-11(14)18/h3-7H,1-2H3,(H2,19,20,21). The maximum absolute atomic E-state index is 13.6. The highest BCUT2D eigenvalue weighted by Crippen LogP contribution is 2.31. The number of rotatable bonds is 3. The highest BCUT2D eigenvalue weighted by atomic mass is 35.5. The monoisotopic (exact) mass is 342 g/mol. The number of halogens is 3. The Balaban J connectivity index is 2.21. The molecule has 0 bridgehead atoms. The van der Waals surface area contributed by atoms with Crippen LogP contribution in [0.2, 0.25) is 10.0 Å². The second-order valence-corrected chi connectivity index (χ2v) is 5.29. The van der Waals surface area contributed by atoms with Crippen LogP contribution in [0.1, 0.15) is 5.56 Å². The number of nitrogens with one attached hydrogen (secondary N) is 2. The molecule has 22 heavy (non-hydrogen) atoms. The van der Waals surface area contributed by atoms with E-state index in [1.54, 1.807) is 19.1 Å². The molecule has 0 aliphatic rings. The van der Waals surface area contributed by atoms with Crippen LogP contribution in [0, 0.1) is 12.7 Å². The van der Waals surface area contributed by atoms with Crippen LogP contribution in [0.3, 0.4) is 0 Å². The SMILES string of the molecule is COc1cc(Cl)c(C)cc1NC(=O)Nc1c(F)cccc1Cl. The minimum atomic E-state index is -0.646. The first-order valence-corrected chi connectivity index (χ1v) is 7.04. The number of para-hydroxylation sites is 1. The van der Waals surface area contributed by atoms with Gasteiger partial charge in [-0.3, -0.25) is 0 Å². The van der Waals surface area contributed by atoms with Gasteiger partial charge in [-0.25, -0.2) is 9.18 Å². The zero-order valence-electron chi connectivity index (χ0n) is 11.8. The molecule has 2 aromatic carbocycles. The van der Waals surface area contributed by atoms with E-state index in [-0.39, 0.29) is 10.7 Å². The third-order valence-corrected chi connectivity index (χ3v) is 3.65. The van der Waals surface area contributed by atoms with Crippen LogP contribution >= 0.6 is 23.2 Å². The second kappa shape index (κ2) is 6.85. The number of benzene rings is 2. The molecule has 2 N–H and O–H groups in total. The van der Waals surface area contributed by atoms with E-state index in [2.05, 4.69) is 10.6 Å². The molecular formula is C15H13Cl2FN2O2. The van der Waals surface area contributed by atoms with Gasteiger partial charge in [0, 0.05) is 11.1 Å². The van der Waals surface area contributed by atoms with Gasteiger partial charge in [0.25, 0.3) is 0 Å². The highest BCUT2D eigenvalue weighted by Gasteiger charge is 2.13. The maximum atomic E-state index is 13.6. The molecule has 2 amide bonds. The maximum Gasteiger partial charge on any atom is 0.323 e. The number of anilines is 2. The molecule has 7 heteroatoms. The van der Waals surface area contributed by atoms with Crippen LogP contribution in [0.5, 0.6) is 5.75 Å². The summed E-state index contributed by atoms with van der Waals surface area (Å²) in [6, 6.07) is 6.73. The fourth-order valence-electron chi connectivity index (χ4n) is 1.81. The Labute approximate surface area is 137 Å². The number of aryl methyl sites for hydroxylation is 1. The van der Waals surface area contributed by atoms with Crippen LogP contribution < -0.4 is 15.4 Å². The summed E-state index contributed by atoms with van der Waals surface area (Å²) in [6.45, 7) is 1.79. The number of hydrogen-bond acceptors (Lipinski definition) is 2. The first kappa shape index (κ1) is 16.4.